The summed E-state index contributed by atoms with van der Waals surface area (Å²) in [6, 6.07) is 0. The summed E-state index contributed by atoms with van der Waals surface area (Å²) in [5, 5.41) is 13.6. The highest BCUT2D eigenvalue weighted by Gasteiger charge is 2.42. The van der Waals surface area contributed by atoms with Gasteiger partial charge in [0.2, 0.25) is 0 Å². The molecule has 2 N–H and O–H groups in total. The predicted molar refractivity (Wildman–Crippen MR) is 80.2 cm³/mol. The first kappa shape index (κ1) is 15.3. The Labute approximate surface area is 118 Å². The zero-order valence-corrected chi connectivity index (χ0v) is 13.4. The summed E-state index contributed by atoms with van der Waals surface area (Å²) >= 11 is 0. The third-order valence-electron chi connectivity index (χ3n) is 4.64. The van der Waals surface area contributed by atoms with E-state index in [1.165, 1.54) is 13.0 Å². The van der Waals surface area contributed by atoms with Crippen LogP contribution in [-0.2, 0) is 0 Å². The fourth-order valence-corrected chi connectivity index (χ4v) is 3.62. The molecule has 1 aliphatic carbocycles. The van der Waals surface area contributed by atoms with Gasteiger partial charge in [0.1, 0.15) is 0 Å². The topological polar surface area (TPSA) is 35.5 Å². The first-order chi connectivity index (χ1) is 8.66. The molecule has 0 radical (unpaired) electrons. The Kier molecular flexibility index (Phi) is 4.29. The molecule has 0 aromatic carbocycles. The van der Waals surface area contributed by atoms with E-state index in [0.29, 0.717) is 5.92 Å². The van der Waals surface area contributed by atoms with Crippen LogP contribution in [0.2, 0.25) is 0 Å². The number of rotatable bonds is 4. The number of aliphatic hydroxyl groups excluding tert-OH is 1. The van der Waals surface area contributed by atoms with Gasteiger partial charge in [-0.25, -0.2) is 0 Å². The number of likely N-dealkylation sites (tertiary alicyclic amines) is 1. The molecular weight excluding hydrogens is 236 g/mol. The Morgan fingerprint density at radius 3 is 2.37 bits per heavy atom. The van der Waals surface area contributed by atoms with E-state index < -0.39 is 0 Å². The lowest BCUT2D eigenvalue weighted by Crippen LogP contribution is -2.46. The van der Waals surface area contributed by atoms with E-state index in [2.05, 4.69) is 44.8 Å². The van der Waals surface area contributed by atoms with E-state index in [0.717, 1.165) is 32.0 Å². The van der Waals surface area contributed by atoms with Crippen LogP contribution in [-0.4, -0.2) is 47.8 Å². The van der Waals surface area contributed by atoms with E-state index >= 15 is 0 Å². The van der Waals surface area contributed by atoms with E-state index in [9.17, 15) is 5.11 Å². The molecule has 2 rings (SSSR count). The van der Waals surface area contributed by atoms with Gasteiger partial charge < -0.3 is 15.3 Å². The van der Waals surface area contributed by atoms with Gasteiger partial charge in [-0.1, -0.05) is 13.8 Å². The average molecular weight is 268 g/mol. The van der Waals surface area contributed by atoms with Gasteiger partial charge in [-0.05, 0) is 44.9 Å². The lowest BCUT2D eigenvalue weighted by molar-refractivity contribution is 0.116. The van der Waals surface area contributed by atoms with Crippen LogP contribution in [0.3, 0.4) is 0 Å². The number of hydrogen-bond donors (Lipinski definition) is 2. The molecule has 3 unspecified atom stereocenters. The summed E-state index contributed by atoms with van der Waals surface area (Å²) in [5.74, 6) is 1.30. The molecule has 1 saturated heterocycles. The molecule has 0 bridgehead atoms. The average Bonchev–Trinajstić information content (AvgIpc) is 2.77. The molecule has 0 aromatic heterocycles. The molecule has 19 heavy (non-hydrogen) atoms. The Hall–Kier alpha value is -0.120. The van der Waals surface area contributed by atoms with Crippen LogP contribution in [0.15, 0.2) is 0 Å². The van der Waals surface area contributed by atoms with Crippen molar-refractivity contribution in [2.24, 2.45) is 17.3 Å². The van der Waals surface area contributed by atoms with Gasteiger partial charge in [0, 0.05) is 37.6 Å². The maximum atomic E-state index is 9.99. The molecule has 0 spiro atoms. The Morgan fingerprint density at radius 2 is 1.79 bits per heavy atom. The van der Waals surface area contributed by atoms with Gasteiger partial charge in [0.15, 0.2) is 0 Å². The van der Waals surface area contributed by atoms with E-state index in [4.69, 9.17) is 0 Å². The van der Waals surface area contributed by atoms with Crippen LogP contribution in [0.25, 0.3) is 0 Å². The normalized spacial score (nSPS) is 32.8. The van der Waals surface area contributed by atoms with Crippen molar-refractivity contribution in [1.29, 1.82) is 0 Å². The molecule has 0 amide bonds. The molecule has 1 aliphatic heterocycles. The number of aliphatic hydroxyl groups is 1. The smallest absolute Gasteiger partial charge is 0.0583 e. The first-order valence-corrected chi connectivity index (χ1v) is 7.82. The summed E-state index contributed by atoms with van der Waals surface area (Å²) in [6.45, 7) is 15.8. The summed E-state index contributed by atoms with van der Waals surface area (Å²) < 4.78 is 0. The molecule has 2 fully saturated rings. The Balaban J connectivity index is 1.81. The van der Waals surface area contributed by atoms with Gasteiger partial charge in [0.05, 0.1) is 6.10 Å². The third kappa shape index (κ3) is 4.17. The van der Waals surface area contributed by atoms with Crippen LogP contribution >= 0.6 is 0 Å². The highest BCUT2D eigenvalue weighted by atomic mass is 16.3. The van der Waals surface area contributed by atoms with Crippen molar-refractivity contribution in [2.75, 3.05) is 26.2 Å². The van der Waals surface area contributed by atoms with Gasteiger partial charge >= 0.3 is 0 Å². The van der Waals surface area contributed by atoms with Crippen LogP contribution in [0, 0.1) is 17.3 Å². The lowest BCUT2D eigenvalue weighted by atomic mass is 9.91. The minimum atomic E-state index is -0.0363. The minimum absolute atomic E-state index is 0.0363. The van der Waals surface area contributed by atoms with Gasteiger partial charge in [-0.15, -0.1) is 0 Å². The second kappa shape index (κ2) is 5.34. The maximum absolute atomic E-state index is 9.99. The third-order valence-corrected chi connectivity index (χ3v) is 4.64. The fraction of sp³-hybridized carbons (Fsp3) is 1.00. The standard InChI is InChI=1S/C16H32N2O/c1-15(2,3)17-10-16(4,5)11-18-8-12-6-7-14(19)13(12)9-18/h12-14,17,19H,6-11H2,1-5H3. The quantitative estimate of drug-likeness (QED) is 0.820. The van der Waals surface area contributed by atoms with Gasteiger partial charge in [0.25, 0.3) is 0 Å². The highest BCUT2D eigenvalue weighted by Crippen LogP contribution is 2.38. The van der Waals surface area contributed by atoms with E-state index in [-0.39, 0.29) is 17.1 Å². The van der Waals surface area contributed by atoms with Gasteiger partial charge in [-0.3, -0.25) is 0 Å². The maximum Gasteiger partial charge on any atom is 0.0583 e. The summed E-state index contributed by atoms with van der Waals surface area (Å²) in [5.41, 5.74) is 0.478. The summed E-state index contributed by atoms with van der Waals surface area (Å²) in [6.07, 6.45) is 2.21. The highest BCUT2D eigenvalue weighted by molar-refractivity contribution is 4.95. The SMILES string of the molecule is CC(C)(CNC(C)(C)C)CN1CC2CCC(O)C2C1. The van der Waals surface area contributed by atoms with Crippen LogP contribution in [0.1, 0.15) is 47.5 Å². The molecule has 1 heterocycles. The monoisotopic (exact) mass is 268 g/mol. The molecule has 2 aliphatic rings. The predicted octanol–water partition coefficient (Wildman–Crippen LogP) is 2.10. The van der Waals surface area contributed by atoms with Crippen molar-refractivity contribution in [3.63, 3.8) is 0 Å². The van der Waals surface area contributed by atoms with Gasteiger partial charge in [-0.2, -0.15) is 0 Å². The first-order valence-electron chi connectivity index (χ1n) is 7.82. The molecule has 3 heteroatoms. The zero-order chi connectivity index (χ0) is 14.3. The van der Waals surface area contributed by atoms with Crippen molar-refractivity contribution in [3.8, 4) is 0 Å². The van der Waals surface area contributed by atoms with Crippen molar-refractivity contribution < 1.29 is 5.11 Å². The lowest BCUT2D eigenvalue weighted by Gasteiger charge is -2.34. The van der Waals surface area contributed by atoms with E-state index in [1.807, 2.05) is 0 Å². The second-order valence-corrected chi connectivity index (χ2v) is 8.53. The molecule has 1 saturated carbocycles. The Bertz CT molecular complexity index is 308. The van der Waals surface area contributed by atoms with Crippen LogP contribution in [0.4, 0.5) is 0 Å². The molecule has 0 aromatic rings. The fourth-order valence-electron chi connectivity index (χ4n) is 3.62. The number of hydrogen-bond acceptors (Lipinski definition) is 3. The second-order valence-electron chi connectivity index (χ2n) is 8.53. The molecular formula is C16H32N2O. The number of fused-ring (bicyclic) bond motifs is 1. The minimum Gasteiger partial charge on any atom is -0.393 e. The summed E-state index contributed by atoms with van der Waals surface area (Å²) in [7, 11) is 0. The van der Waals surface area contributed by atoms with Crippen LogP contribution < -0.4 is 5.32 Å². The number of nitrogens with zero attached hydrogens (tertiary/aromatic N) is 1. The Morgan fingerprint density at radius 1 is 1.11 bits per heavy atom. The molecule has 3 nitrogen and oxygen atoms in total. The van der Waals surface area contributed by atoms with Crippen molar-refractivity contribution in [1.82, 2.24) is 10.2 Å². The zero-order valence-electron chi connectivity index (χ0n) is 13.4. The number of nitrogens with one attached hydrogen (secondary N) is 1. The largest absolute Gasteiger partial charge is 0.393 e. The molecule has 3 atom stereocenters. The molecule has 112 valence electrons. The van der Waals surface area contributed by atoms with Crippen molar-refractivity contribution in [2.45, 2.75) is 59.1 Å². The van der Waals surface area contributed by atoms with Crippen LogP contribution in [0.5, 0.6) is 0 Å². The van der Waals surface area contributed by atoms with Crippen molar-refractivity contribution in [3.05, 3.63) is 0 Å². The van der Waals surface area contributed by atoms with E-state index in [1.54, 1.807) is 0 Å². The summed E-state index contributed by atoms with van der Waals surface area (Å²) in [4.78, 5) is 2.57. The van der Waals surface area contributed by atoms with Crippen molar-refractivity contribution >= 4 is 0 Å².